The molecule has 0 radical (unpaired) electrons. The first kappa shape index (κ1) is 13.8. The monoisotopic (exact) mass is 248 g/mol. The van der Waals surface area contributed by atoms with E-state index in [1.165, 1.54) is 23.4 Å². The minimum Gasteiger partial charge on any atom is -0.392 e. The standard InChI is InChI=1S/C11H15F3N2O/c1-2-5-16(8-11(12,13)14)10-6-15-4-3-9(10)7-17/h3-4,6,17H,2,5,7-8H2,1H3. The van der Waals surface area contributed by atoms with Gasteiger partial charge in [-0.1, -0.05) is 6.92 Å². The van der Waals surface area contributed by atoms with Crippen molar-refractivity contribution in [3.8, 4) is 0 Å². The average Bonchev–Trinajstić information content (AvgIpc) is 2.27. The molecule has 0 aliphatic carbocycles. The van der Waals surface area contributed by atoms with Crippen LogP contribution in [0.3, 0.4) is 0 Å². The van der Waals surface area contributed by atoms with Gasteiger partial charge < -0.3 is 10.0 Å². The van der Waals surface area contributed by atoms with Gasteiger partial charge in [-0.05, 0) is 12.5 Å². The number of aliphatic hydroxyl groups is 1. The topological polar surface area (TPSA) is 36.4 Å². The lowest BCUT2D eigenvalue weighted by atomic mass is 10.2. The Bertz CT molecular complexity index is 355. The van der Waals surface area contributed by atoms with Crippen molar-refractivity contribution in [2.75, 3.05) is 18.0 Å². The Morgan fingerprint density at radius 1 is 1.41 bits per heavy atom. The zero-order chi connectivity index (χ0) is 12.9. The quantitative estimate of drug-likeness (QED) is 0.869. The molecule has 0 aromatic carbocycles. The lowest BCUT2D eigenvalue weighted by Crippen LogP contribution is -2.35. The first-order valence-electron chi connectivity index (χ1n) is 5.33. The minimum atomic E-state index is -4.27. The number of hydrogen-bond acceptors (Lipinski definition) is 3. The van der Waals surface area contributed by atoms with Gasteiger partial charge in [-0.15, -0.1) is 0 Å². The van der Waals surface area contributed by atoms with Crippen LogP contribution >= 0.6 is 0 Å². The molecule has 0 saturated heterocycles. The lowest BCUT2D eigenvalue weighted by Gasteiger charge is -2.26. The highest BCUT2D eigenvalue weighted by molar-refractivity contribution is 5.51. The third-order valence-corrected chi connectivity index (χ3v) is 2.26. The molecular weight excluding hydrogens is 233 g/mol. The van der Waals surface area contributed by atoms with Crippen molar-refractivity contribution in [3.63, 3.8) is 0 Å². The van der Waals surface area contributed by atoms with E-state index in [9.17, 15) is 13.2 Å². The molecular formula is C11H15F3N2O. The molecule has 0 aliphatic heterocycles. The summed E-state index contributed by atoms with van der Waals surface area (Å²) in [7, 11) is 0. The van der Waals surface area contributed by atoms with Crippen LogP contribution < -0.4 is 4.90 Å². The normalized spacial score (nSPS) is 11.6. The third-order valence-electron chi connectivity index (χ3n) is 2.26. The van der Waals surface area contributed by atoms with Gasteiger partial charge in [-0.25, -0.2) is 0 Å². The maximum atomic E-state index is 12.4. The highest BCUT2D eigenvalue weighted by Gasteiger charge is 2.31. The van der Waals surface area contributed by atoms with Crippen LogP contribution in [0.5, 0.6) is 0 Å². The van der Waals surface area contributed by atoms with Crippen molar-refractivity contribution in [1.82, 2.24) is 4.98 Å². The van der Waals surface area contributed by atoms with Crippen LogP contribution in [0.4, 0.5) is 18.9 Å². The van der Waals surface area contributed by atoms with Gasteiger partial charge in [0.15, 0.2) is 0 Å². The molecule has 0 unspecified atom stereocenters. The molecule has 0 saturated carbocycles. The highest BCUT2D eigenvalue weighted by atomic mass is 19.4. The molecule has 17 heavy (non-hydrogen) atoms. The fourth-order valence-corrected chi connectivity index (χ4v) is 1.60. The van der Waals surface area contributed by atoms with Gasteiger partial charge in [-0.3, -0.25) is 4.98 Å². The molecule has 6 heteroatoms. The maximum absolute atomic E-state index is 12.4. The van der Waals surface area contributed by atoms with E-state index in [1.54, 1.807) is 6.92 Å². The van der Waals surface area contributed by atoms with E-state index in [0.29, 0.717) is 17.7 Å². The first-order valence-corrected chi connectivity index (χ1v) is 5.33. The predicted octanol–water partition coefficient (Wildman–Crippen LogP) is 2.35. The number of anilines is 1. The second-order valence-corrected chi connectivity index (χ2v) is 3.70. The van der Waals surface area contributed by atoms with Gasteiger partial charge in [0.2, 0.25) is 0 Å². The zero-order valence-electron chi connectivity index (χ0n) is 9.54. The number of alkyl halides is 3. The molecule has 1 aromatic rings. The Morgan fingerprint density at radius 3 is 2.65 bits per heavy atom. The minimum absolute atomic E-state index is 0.276. The third kappa shape index (κ3) is 4.22. The maximum Gasteiger partial charge on any atom is 0.405 e. The van der Waals surface area contributed by atoms with Crippen molar-refractivity contribution in [2.24, 2.45) is 0 Å². The molecule has 0 bridgehead atoms. The molecule has 1 heterocycles. The molecule has 0 amide bonds. The number of hydrogen-bond donors (Lipinski definition) is 1. The first-order chi connectivity index (χ1) is 7.98. The van der Waals surface area contributed by atoms with Crippen LogP contribution in [0, 0.1) is 0 Å². The number of aliphatic hydroxyl groups excluding tert-OH is 1. The Morgan fingerprint density at radius 2 is 2.12 bits per heavy atom. The van der Waals surface area contributed by atoms with E-state index in [0.717, 1.165) is 0 Å². The van der Waals surface area contributed by atoms with E-state index >= 15 is 0 Å². The molecule has 1 rings (SSSR count). The summed E-state index contributed by atoms with van der Waals surface area (Å²) in [5.41, 5.74) is 0.798. The lowest BCUT2D eigenvalue weighted by molar-refractivity contribution is -0.119. The van der Waals surface area contributed by atoms with E-state index < -0.39 is 12.7 Å². The van der Waals surface area contributed by atoms with E-state index in [-0.39, 0.29) is 13.2 Å². The number of halogens is 3. The summed E-state index contributed by atoms with van der Waals surface area (Å²) in [6.07, 6.45) is -0.868. The van der Waals surface area contributed by atoms with Gasteiger partial charge in [0.05, 0.1) is 18.5 Å². The fourth-order valence-electron chi connectivity index (χ4n) is 1.60. The highest BCUT2D eigenvalue weighted by Crippen LogP contribution is 2.24. The van der Waals surface area contributed by atoms with Gasteiger partial charge in [-0.2, -0.15) is 13.2 Å². The Kier molecular flexibility index (Phi) is 4.74. The molecule has 96 valence electrons. The molecule has 0 spiro atoms. The van der Waals surface area contributed by atoms with E-state index in [2.05, 4.69) is 4.98 Å². The Hall–Kier alpha value is -1.30. The SMILES string of the molecule is CCCN(CC(F)(F)F)c1cnccc1CO. The summed E-state index contributed by atoms with van der Waals surface area (Å²) in [5.74, 6) is 0. The number of pyridine rings is 1. The molecule has 3 nitrogen and oxygen atoms in total. The molecule has 0 fully saturated rings. The van der Waals surface area contributed by atoms with Gasteiger partial charge in [0, 0.05) is 18.3 Å². The molecule has 1 aromatic heterocycles. The van der Waals surface area contributed by atoms with Crippen LogP contribution in [-0.2, 0) is 6.61 Å². The van der Waals surface area contributed by atoms with Crippen molar-refractivity contribution in [3.05, 3.63) is 24.0 Å². The number of nitrogens with zero attached hydrogens (tertiary/aromatic N) is 2. The summed E-state index contributed by atoms with van der Waals surface area (Å²) < 4.78 is 37.3. The van der Waals surface area contributed by atoms with Gasteiger partial charge in [0.1, 0.15) is 6.54 Å². The van der Waals surface area contributed by atoms with Crippen molar-refractivity contribution in [2.45, 2.75) is 26.1 Å². The van der Waals surface area contributed by atoms with Crippen molar-refractivity contribution < 1.29 is 18.3 Å². The number of aromatic nitrogens is 1. The van der Waals surface area contributed by atoms with Crippen molar-refractivity contribution >= 4 is 5.69 Å². The van der Waals surface area contributed by atoms with Crippen LogP contribution in [0.25, 0.3) is 0 Å². The van der Waals surface area contributed by atoms with E-state index in [1.807, 2.05) is 0 Å². The zero-order valence-corrected chi connectivity index (χ0v) is 9.54. The van der Waals surface area contributed by atoms with Crippen LogP contribution in [0.1, 0.15) is 18.9 Å². The van der Waals surface area contributed by atoms with Crippen LogP contribution in [0.15, 0.2) is 18.5 Å². The predicted molar refractivity (Wildman–Crippen MR) is 58.7 cm³/mol. The molecule has 0 atom stereocenters. The second kappa shape index (κ2) is 5.86. The summed E-state index contributed by atoms with van der Waals surface area (Å²) in [6.45, 7) is 0.756. The van der Waals surface area contributed by atoms with Crippen molar-refractivity contribution in [1.29, 1.82) is 0 Å². The van der Waals surface area contributed by atoms with Gasteiger partial charge in [0.25, 0.3) is 0 Å². The Labute approximate surface area is 97.9 Å². The smallest absolute Gasteiger partial charge is 0.392 e. The van der Waals surface area contributed by atoms with E-state index in [4.69, 9.17) is 5.11 Å². The Balaban J connectivity index is 2.96. The summed E-state index contributed by atoms with van der Waals surface area (Å²) in [6, 6.07) is 1.52. The molecule has 1 N–H and O–H groups in total. The number of rotatable bonds is 5. The summed E-state index contributed by atoms with van der Waals surface area (Å²) in [5, 5.41) is 9.10. The largest absolute Gasteiger partial charge is 0.405 e. The average molecular weight is 248 g/mol. The summed E-state index contributed by atoms with van der Waals surface area (Å²) >= 11 is 0. The van der Waals surface area contributed by atoms with Crippen LogP contribution in [0.2, 0.25) is 0 Å². The van der Waals surface area contributed by atoms with Gasteiger partial charge >= 0.3 is 6.18 Å². The summed E-state index contributed by atoms with van der Waals surface area (Å²) in [4.78, 5) is 5.00. The second-order valence-electron chi connectivity index (χ2n) is 3.70. The fraction of sp³-hybridized carbons (Fsp3) is 0.545. The van der Waals surface area contributed by atoms with Crippen LogP contribution in [-0.4, -0.2) is 29.4 Å². The molecule has 0 aliphatic rings.